The van der Waals surface area contributed by atoms with Crippen molar-refractivity contribution in [3.05, 3.63) is 23.8 Å². The Morgan fingerprint density at radius 3 is 2.74 bits per heavy atom. The van der Waals surface area contributed by atoms with Gasteiger partial charge in [-0.15, -0.1) is 11.8 Å². The minimum absolute atomic E-state index is 0.290. The van der Waals surface area contributed by atoms with Gasteiger partial charge in [0.25, 0.3) is 0 Å². The summed E-state index contributed by atoms with van der Waals surface area (Å²) in [6, 6.07) is 6.61. The summed E-state index contributed by atoms with van der Waals surface area (Å²) in [6.45, 7) is 3.95. The maximum Gasteiger partial charge on any atom is 0.124 e. The molecule has 2 rings (SSSR count). The summed E-state index contributed by atoms with van der Waals surface area (Å²) in [7, 11) is 3.73. The molecular weight excluding hydrogens is 258 g/mol. The lowest BCUT2D eigenvalue weighted by molar-refractivity contribution is 0.1000. The molecule has 1 N–H and O–H groups in total. The van der Waals surface area contributed by atoms with Crippen LogP contribution in [0.25, 0.3) is 0 Å². The van der Waals surface area contributed by atoms with Gasteiger partial charge in [0.1, 0.15) is 5.75 Å². The molecule has 0 bridgehead atoms. The molecule has 1 aromatic carbocycles. The number of benzene rings is 1. The molecule has 1 aromatic rings. The number of hydrogen-bond donors (Lipinski definition) is 1. The molecule has 0 aliphatic carbocycles. The Balaban J connectivity index is 2.22. The van der Waals surface area contributed by atoms with Crippen molar-refractivity contribution in [2.45, 2.75) is 36.0 Å². The van der Waals surface area contributed by atoms with Crippen LogP contribution >= 0.6 is 11.8 Å². The lowest BCUT2D eigenvalue weighted by Gasteiger charge is -2.25. The van der Waals surface area contributed by atoms with Crippen LogP contribution in [0.3, 0.4) is 0 Å². The fraction of sp³-hybridized carbons (Fsp3) is 0.600. The van der Waals surface area contributed by atoms with Gasteiger partial charge in [-0.05, 0) is 38.9 Å². The predicted octanol–water partition coefficient (Wildman–Crippen LogP) is 3.25. The summed E-state index contributed by atoms with van der Waals surface area (Å²) < 4.78 is 11.0. The average molecular weight is 281 g/mol. The molecule has 0 amide bonds. The smallest absolute Gasteiger partial charge is 0.124 e. The van der Waals surface area contributed by atoms with Crippen LogP contribution in [0.2, 0.25) is 0 Å². The topological polar surface area (TPSA) is 30.5 Å². The Bertz CT molecular complexity index is 405. The molecule has 0 aromatic heterocycles. The normalized spacial score (nSPS) is 18.3. The molecule has 1 saturated heterocycles. The molecule has 19 heavy (non-hydrogen) atoms. The van der Waals surface area contributed by atoms with E-state index in [1.54, 1.807) is 7.11 Å². The van der Waals surface area contributed by atoms with E-state index in [9.17, 15) is 0 Å². The fourth-order valence-corrected chi connectivity index (χ4v) is 3.70. The minimum Gasteiger partial charge on any atom is -0.496 e. The number of rotatable bonds is 5. The Hall–Kier alpha value is -0.710. The molecule has 106 valence electrons. The van der Waals surface area contributed by atoms with E-state index in [2.05, 4.69) is 24.4 Å². The van der Waals surface area contributed by atoms with E-state index in [1.165, 1.54) is 10.5 Å². The largest absolute Gasteiger partial charge is 0.496 e. The summed E-state index contributed by atoms with van der Waals surface area (Å²) in [5, 5.41) is 3.97. The Labute approximate surface area is 120 Å². The first kappa shape index (κ1) is 14.7. The van der Waals surface area contributed by atoms with Crippen LogP contribution < -0.4 is 10.1 Å². The highest BCUT2D eigenvalue weighted by Crippen LogP contribution is 2.38. The molecule has 3 nitrogen and oxygen atoms in total. The third-order valence-electron chi connectivity index (χ3n) is 3.57. The second kappa shape index (κ2) is 7.17. The lowest BCUT2D eigenvalue weighted by Crippen LogP contribution is -2.19. The third kappa shape index (κ3) is 3.65. The van der Waals surface area contributed by atoms with Crippen LogP contribution in [-0.2, 0) is 4.74 Å². The van der Waals surface area contributed by atoms with E-state index < -0.39 is 0 Å². The molecule has 1 aliphatic heterocycles. The predicted molar refractivity (Wildman–Crippen MR) is 80.2 cm³/mol. The number of ether oxygens (including phenoxy) is 2. The zero-order chi connectivity index (χ0) is 13.7. The number of nitrogens with one attached hydrogen (secondary N) is 1. The van der Waals surface area contributed by atoms with Crippen molar-refractivity contribution >= 4 is 11.8 Å². The first-order valence-electron chi connectivity index (χ1n) is 6.84. The van der Waals surface area contributed by atoms with Gasteiger partial charge in [0.2, 0.25) is 0 Å². The monoisotopic (exact) mass is 281 g/mol. The van der Waals surface area contributed by atoms with Crippen molar-refractivity contribution in [1.82, 2.24) is 5.32 Å². The van der Waals surface area contributed by atoms with Crippen LogP contribution in [0.15, 0.2) is 23.1 Å². The van der Waals surface area contributed by atoms with Gasteiger partial charge >= 0.3 is 0 Å². The van der Waals surface area contributed by atoms with E-state index in [0.717, 1.165) is 31.8 Å². The van der Waals surface area contributed by atoms with Gasteiger partial charge in [-0.3, -0.25) is 0 Å². The molecule has 0 saturated carbocycles. The van der Waals surface area contributed by atoms with Crippen molar-refractivity contribution in [2.24, 2.45) is 0 Å². The fourth-order valence-electron chi connectivity index (χ4n) is 2.35. The summed E-state index contributed by atoms with van der Waals surface area (Å²) in [6.07, 6.45) is 2.27. The Morgan fingerprint density at radius 1 is 1.37 bits per heavy atom. The molecule has 1 unspecified atom stereocenters. The molecular formula is C15H23NO2S. The van der Waals surface area contributed by atoms with Gasteiger partial charge in [0.05, 0.1) is 7.11 Å². The quantitative estimate of drug-likeness (QED) is 0.897. The minimum atomic E-state index is 0.290. The van der Waals surface area contributed by atoms with Gasteiger partial charge in [0, 0.05) is 35.0 Å². The summed E-state index contributed by atoms with van der Waals surface area (Å²) in [5.41, 5.74) is 1.27. The summed E-state index contributed by atoms with van der Waals surface area (Å²) in [5.74, 6) is 0.971. The molecule has 1 fully saturated rings. The maximum absolute atomic E-state index is 5.52. The van der Waals surface area contributed by atoms with E-state index in [4.69, 9.17) is 9.47 Å². The van der Waals surface area contributed by atoms with Crippen LogP contribution in [0.5, 0.6) is 5.75 Å². The molecule has 0 spiro atoms. The Morgan fingerprint density at radius 2 is 2.11 bits per heavy atom. The van der Waals surface area contributed by atoms with Crippen molar-refractivity contribution in [3.63, 3.8) is 0 Å². The average Bonchev–Trinajstić information content (AvgIpc) is 2.47. The number of thioether (sulfide) groups is 1. The SMILES string of the molecule is CNC(C)c1c(OC)cccc1SC1CCOCC1. The van der Waals surface area contributed by atoms with E-state index >= 15 is 0 Å². The van der Waals surface area contributed by atoms with Crippen molar-refractivity contribution in [3.8, 4) is 5.75 Å². The van der Waals surface area contributed by atoms with Crippen molar-refractivity contribution < 1.29 is 9.47 Å². The highest BCUT2D eigenvalue weighted by atomic mass is 32.2. The molecule has 1 aliphatic rings. The number of methoxy groups -OCH3 is 1. The zero-order valence-corrected chi connectivity index (χ0v) is 12.8. The summed E-state index contributed by atoms with van der Waals surface area (Å²) in [4.78, 5) is 1.33. The molecule has 1 heterocycles. The van der Waals surface area contributed by atoms with E-state index in [0.29, 0.717) is 11.3 Å². The highest BCUT2D eigenvalue weighted by molar-refractivity contribution is 8.00. The lowest BCUT2D eigenvalue weighted by atomic mass is 10.1. The Kier molecular flexibility index (Phi) is 5.55. The van der Waals surface area contributed by atoms with Crippen LogP contribution in [0.4, 0.5) is 0 Å². The van der Waals surface area contributed by atoms with Crippen LogP contribution in [0.1, 0.15) is 31.4 Å². The van der Waals surface area contributed by atoms with E-state index in [-0.39, 0.29) is 0 Å². The van der Waals surface area contributed by atoms with Gasteiger partial charge in [-0.25, -0.2) is 0 Å². The van der Waals surface area contributed by atoms with Crippen LogP contribution in [-0.4, -0.2) is 32.6 Å². The standard InChI is InChI=1S/C15H23NO2S/c1-11(16-2)15-13(17-3)5-4-6-14(15)19-12-7-9-18-10-8-12/h4-6,11-12,16H,7-10H2,1-3H3. The van der Waals surface area contributed by atoms with E-state index in [1.807, 2.05) is 24.9 Å². The third-order valence-corrected chi connectivity index (χ3v) is 4.99. The molecule has 0 radical (unpaired) electrons. The summed E-state index contributed by atoms with van der Waals surface area (Å²) >= 11 is 1.96. The highest BCUT2D eigenvalue weighted by Gasteiger charge is 2.20. The van der Waals surface area contributed by atoms with Gasteiger partial charge in [-0.2, -0.15) is 0 Å². The number of hydrogen-bond acceptors (Lipinski definition) is 4. The van der Waals surface area contributed by atoms with Gasteiger partial charge in [0.15, 0.2) is 0 Å². The molecule has 1 atom stereocenters. The maximum atomic E-state index is 5.52. The first-order valence-corrected chi connectivity index (χ1v) is 7.72. The van der Waals surface area contributed by atoms with Crippen LogP contribution in [0, 0.1) is 0 Å². The van der Waals surface area contributed by atoms with Crippen molar-refractivity contribution in [2.75, 3.05) is 27.4 Å². The second-order valence-electron chi connectivity index (χ2n) is 4.81. The zero-order valence-electron chi connectivity index (χ0n) is 11.9. The van der Waals surface area contributed by atoms with Gasteiger partial charge in [-0.1, -0.05) is 6.07 Å². The van der Waals surface area contributed by atoms with Gasteiger partial charge < -0.3 is 14.8 Å². The van der Waals surface area contributed by atoms with Crippen molar-refractivity contribution in [1.29, 1.82) is 0 Å². The molecule has 4 heteroatoms. The second-order valence-corrected chi connectivity index (χ2v) is 6.15. The first-order chi connectivity index (χ1) is 9.26.